The summed E-state index contributed by atoms with van der Waals surface area (Å²) < 4.78 is 0. The van der Waals surface area contributed by atoms with Crippen LogP contribution < -0.4 is 10.2 Å². The predicted molar refractivity (Wildman–Crippen MR) is 108 cm³/mol. The van der Waals surface area contributed by atoms with Gasteiger partial charge in [0.2, 0.25) is 0 Å². The van der Waals surface area contributed by atoms with Gasteiger partial charge in [-0.2, -0.15) is 0 Å². The maximum atomic E-state index is 9.98. The number of rotatable bonds is 4. The lowest BCUT2D eigenvalue weighted by Gasteiger charge is -2.38. The molecule has 5 nitrogen and oxygen atoms in total. The number of para-hydroxylation sites is 2. The van der Waals surface area contributed by atoms with Gasteiger partial charge in [0.15, 0.2) is 5.96 Å². The molecule has 6 heteroatoms. The zero-order valence-corrected chi connectivity index (χ0v) is 16.7. The van der Waals surface area contributed by atoms with Crippen LogP contribution in [0.3, 0.4) is 0 Å². The van der Waals surface area contributed by atoms with E-state index in [0.29, 0.717) is 11.7 Å². The molecule has 0 amide bonds. The van der Waals surface area contributed by atoms with E-state index < -0.39 is 0 Å². The normalized spacial score (nSPS) is 15.6. The van der Waals surface area contributed by atoms with Crippen molar-refractivity contribution in [1.29, 1.82) is 0 Å². The second-order valence-corrected chi connectivity index (χ2v) is 6.05. The summed E-state index contributed by atoms with van der Waals surface area (Å²) in [5.41, 5.74) is 0.922. The predicted octanol–water partition coefficient (Wildman–Crippen LogP) is 2.75. The summed E-state index contributed by atoms with van der Waals surface area (Å²) in [6, 6.07) is 7.55. The topological polar surface area (TPSA) is 51.1 Å². The van der Waals surface area contributed by atoms with E-state index in [1.165, 1.54) is 0 Å². The molecule has 2 N–H and O–H groups in total. The van der Waals surface area contributed by atoms with Crippen LogP contribution in [0.1, 0.15) is 20.8 Å². The van der Waals surface area contributed by atoms with Crippen LogP contribution >= 0.6 is 24.0 Å². The number of aromatic hydroxyl groups is 1. The van der Waals surface area contributed by atoms with Gasteiger partial charge in [0, 0.05) is 39.3 Å². The molecule has 0 bridgehead atoms. The molecule has 0 unspecified atom stereocenters. The fraction of sp³-hybridized carbons (Fsp3) is 0.588. The summed E-state index contributed by atoms with van der Waals surface area (Å²) in [7, 11) is 0. The molecule has 2 rings (SSSR count). The van der Waals surface area contributed by atoms with Crippen molar-refractivity contribution < 1.29 is 5.11 Å². The van der Waals surface area contributed by atoms with Crippen molar-refractivity contribution in [2.75, 3.05) is 44.2 Å². The lowest BCUT2D eigenvalue weighted by Crippen LogP contribution is -2.52. The third kappa shape index (κ3) is 5.75. The number of phenols is 1. The van der Waals surface area contributed by atoms with E-state index in [0.717, 1.165) is 50.9 Å². The highest BCUT2D eigenvalue weighted by Crippen LogP contribution is 2.27. The standard InChI is InChI=1S/C17H28N4O.HI/c1-4-18-17(19-13-14(2)3)21-11-9-20(10-12-21)15-7-5-6-8-16(15)22;/h5-8,14,22H,4,9-13H2,1-3H3,(H,18,19);1H. The van der Waals surface area contributed by atoms with Gasteiger partial charge in [-0.05, 0) is 25.0 Å². The first-order valence-electron chi connectivity index (χ1n) is 8.18. The highest BCUT2D eigenvalue weighted by molar-refractivity contribution is 14.0. The number of nitrogens with zero attached hydrogens (tertiary/aromatic N) is 3. The Kier molecular flexibility index (Phi) is 8.51. The van der Waals surface area contributed by atoms with Crippen LogP contribution in [-0.4, -0.2) is 55.2 Å². The van der Waals surface area contributed by atoms with Gasteiger partial charge in [-0.3, -0.25) is 4.99 Å². The van der Waals surface area contributed by atoms with E-state index in [1.807, 2.05) is 18.2 Å². The van der Waals surface area contributed by atoms with E-state index in [9.17, 15) is 5.11 Å². The second-order valence-electron chi connectivity index (χ2n) is 6.05. The van der Waals surface area contributed by atoms with Gasteiger partial charge in [-0.15, -0.1) is 24.0 Å². The lowest BCUT2D eigenvalue weighted by molar-refractivity contribution is 0.369. The van der Waals surface area contributed by atoms with Crippen LogP contribution in [0.5, 0.6) is 5.75 Å². The largest absolute Gasteiger partial charge is 0.506 e. The second kappa shape index (κ2) is 9.85. The fourth-order valence-corrected chi connectivity index (χ4v) is 2.59. The number of phenolic OH excluding ortho intramolecular Hbond substituents is 1. The number of aliphatic imine (C=N–C) groups is 1. The molecule has 0 atom stereocenters. The van der Waals surface area contributed by atoms with Gasteiger partial charge in [-0.1, -0.05) is 26.0 Å². The van der Waals surface area contributed by atoms with Crippen molar-refractivity contribution in [3.8, 4) is 5.75 Å². The summed E-state index contributed by atoms with van der Waals surface area (Å²) in [6.45, 7) is 11.8. The van der Waals surface area contributed by atoms with E-state index >= 15 is 0 Å². The molecular formula is C17H29IN4O. The van der Waals surface area contributed by atoms with Crippen LogP contribution in [0.25, 0.3) is 0 Å². The van der Waals surface area contributed by atoms with Gasteiger partial charge >= 0.3 is 0 Å². The van der Waals surface area contributed by atoms with Gasteiger partial charge < -0.3 is 20.2 Å². The van der Waals surface area contributed by atoms with Gasteiger partial charge in [0.25, 0.3) is 0 Å². The number of hydrogen-bond acceptors (Lipinski definition) is 3. The van der Waals surface area contributed by atoms with Crippen LogP contribution in [-0.2, 0) is 0 Å². The zero-order chi connectivity index (χ0) is 15.9. The van der Waals surface area contributed by atoms with E-state index in [2.05, 4.69) is 35.9 Å². The monoisotopic (exact) mass is 432 g/mol. The summed E-state index contributed by atoms with van der Waals surface area (Å²) in [5, 5.41) is 13.4. The van der Waals surface area contributed by atoms with E-state index in [-0.39, 0.29) is 24.0 Å². The van der Waals surface area contributed by atoms with Crippen LogP contribution in [0.2, 0.25) is 0 Å². The molecule has 1 fully saturated rings. The van der Waals surface area contributed by atoms with Crippen molar-refractivity contribution in [1.82, 2.24) is 10.2 Å². The third-order valence-electron chi connectivity index (χ3n) is 3.74. The van der Waals surface area contributed by atoms with Crippen molar-refractivity contribution in [2.45, 2.75) is 20.8 Å². The van der Waals surface area contributed by atoms with Crippen molar-refractivity contribution in [3.63, 3.8) is 0 Å². The van der Waals surface area contributed by atoms with Crippen molar-refractivity contribution in [3.05, 3.63) is 24.3 Å². The Bertz CT molecular complexity index is 499. The number of benzene rings is 1. The maximum Gasteiger partial charge on any atom is 0.194 e. The molecule has 0 aliphatic carbocycles. The van der Waals surface area contributed by atoms with E-state index in [1.54, 1.807) is 6.07 Å². The molecule has 0 saturated carbocycles. The number of halogens is 1. The first-order valence-corrected chi connectivity index (χ1v) is 8.18. The summed E-state index contributed by atoms with van der Waals surface area (Å²) in [4.78, 5) is 9.26. The fourth-order valence-electron chi connectivity index (χ4n) is 2.59. The van der Waals surface area contributed by atoms with E-state index in [4.69, 9.17) is 4.99 Å². The Balaban J connectivity index is 0.00000264. The summed E-state index contributed by atoms with van der Waals surface area (Å²) >= 11 is 0. The average molecular weight is 432 g/mol. The summed E-state index contributed by atoms with van der Waals surface area (Å²) in [6.07, 6.45) is 0. The summed E-state index contributed by atoms with van der Waals surface area (Å²) in [5.74, 6) is 1.93. The molecule has 1 aromatic rings. The minimum absolute atomic E-state index is 0. The third-order valence-corrected chi connectivity index (χ3v) is 3.74. The Morgan fingerprint density at radius 2 is 1.87 bits per heavy atom. The Morgan fingerprint density at radius 1 is 1.22 bits per heavy atom. The minimum Gasteiger partial charge on any atom is -0.506 e. The average Bonchev–Trinajstić information content (AvgIpc) is 2.52. The number of piperazine rings is 1. The molecule has 0 spiro atoms. The highest BCUT2D eigenvalue weighted by Gasteiger charge is 2.21. The molecule has 1 heterocycles. The Labute approximate surface area is 156 Å². The van der Waals surface area contributed by atoms with Crippen molar-refractivity contribution in [2.24, 2.45) is 10.9 Å². The zero-order valence-electron chi connectivity index (χ0n) is 14.3. The first-order chi connectivity index (χ1) is 10.6. The number of hydrogen-bond donors (Lipinski definition) is 2. The number of nitrogens with one attached hydrogen (secondary N) is 1. The molecule has 1 aliphatic rings. The van der Waals surface area contributed by atoms with Crippen LogP contribution in [0.15, 0.2) is 29.3 Å². The first kappa shape index (κ1) is 19.9. The molecule has 0 radical (unpaired) electrons. The molecule has 1 aliphatic heterocycles. The maximum absolute atomic E-state index is 9.98. The molecule has 23 heavy (non-hydrogen) atoms. The molecule has 0 aromatic heterocycles. The highest BCUT2D eigenvalue weighted by atomic mass is 127. The number of guanidine groups is 1. The molecule has 1 aromatic carbocycles. The lowest BCUT2D eigenvalue weighted by atomic mass is 10.2. The van der Waals surface area contributed by atoms with Gasteiger partial charge in [0.05, 0.1) is 5.69 Å². The van der Waals surface area contributed by atoms with Crippen LogP contribution in [0.4, 0.5) is 5.69 Å². The van der Waals surface area contributed by atoms with Crippen molar-refractivity contribution >= 4 is 35.6 Å². The van der Waals surface area contributed by atoms with Gasteiger partial charge in [0.1, 0.15) is 5.75 Å². The molecule has 130 valence electrons. The van der Waals surface area contributed by atoms with Gasteiger partial charge in [-0.25, -0.2) is 0 Å². The molecule has 1 saturated heterocycles. The quantitative estimate of drug-likeness (QED) is 0.437. The van der Waals surface area contributed by atoms with Crippen LogP contribution in [0, 0.1) is 5.92 Å². The Morgan fingerprint density at radius 3 is 2.43 bits per heavy atom. The SMILES string of the molecule is CCNC(=NCC(C)C)N1CCN(c2ccccc2O)CC1.I. The Hall–Kier alpha value is -1.18. The smallest absolute Gasteiger partial charge is 0.194 e. The molecular weight excluding hydrogens is 403 g/mol. The number of anilines is 1. The minimum atomic E-state index is 0.